The Balaban J connectivity index is 5.45. The minimum absolute atomic E-state index is 0.120. The topological polar surface area (TPSA) is 274 Å². The molecule has 186 valence electrons. The maximum Gasteiger partial charge on any atom is 0.325 e. The first kappa shape index (κ1) is 29.2. The second-order valence-electron chi connectivity index (χ2n) is 7.24. The average Bonchev–Trinajstić information content (AvgIpc) is 2.71. The fraction of sp³-hybridized carbons (Fsp3) is 0.611. The van der Waals surface area contributed by atoms with Gasteiger partial charge in [0.25, 0.3) is 0 Å². The molecule has 11 N–H and O–H groups in total. The molecule has 0 aliphatic rings. The summed E-state index contributed by atoms with van der Waals surface area (Å²) in [6, 6.07) is -5.37. The first-order chi connectivity index (χ1) is 15.2. The number of carbonyl (C=O) groups is 7. The highest BCUT2D eigenvalue weighted by atomic mass is 16.4. The van der Waals surface area contributed by atoms with Gasteiger partial charge < -0.3 is 43.4 Å². The van der Waals surface area contributed by atoms with Gasteiger partial charge in [0.1, 0.15) is 18.1 Å². The van der Waals surface area contributed by atoms with Crippen LogP contribution in [0.5, 0.6) is 0 Å². The molecule has 0 spiro atoms. The van der Waals surface area contributed by atoms with Crippen LogP contribution in [-0.2, 0) is 33.6 Å². The van der Waals surface area contributed by atoms with Crippen LogP contribution in [0.2, 0.25) is 0 Å². The summed E-state index contributed by atoms with van der Waals surface area (Å²) in [4.78, 5) is 81.2. The van der Waals surface area contributed by atoms with Crippen molar-refractivity contribution in [3.63, 3.8) is 0 Å². The maximum absolute atomic E-state index is 12.7. The summed E-state index contributed by atoms with van der Waals surface area (Å²) in [6.45, 7) is 1.18. The standard InChI is InChI=1S/C18H30N6O9/c1-8(18(32)33)22-16(30)10(3-6-13(21)26)24-17(31)11(4-7-14(27)28)23-15(29)9(19)2-5-12(20)25/h8-11H,2-7,19H2,1H3,(H2,20,25)(H2,21,26)(H,22,30)(H,23,29)(H,24,31)(H,27,28)(H,32,33). The van der Waals surface area contributed by atoms with Crippen molar-refractivity contribution in [3.8, 4) is 0 Å². The molecule has 0 aromatic rings. The van der Waals surface area contributed by atoms with Gasteiger partial charge in [-0.2, -0.15) is 0 Å². The third kappa shape index (κ3) is 12.6. The Hall–Kier alpha value is -3.75. The highest BCUT2D eigenvalue weighted by molar-refractivity contribution is 5.94. The van der Waals surface area contributed by atoms with E-state index >= 15 is 0 Å². The van der Waals surface area contributed by atoms with E-state index in [1.165, 1.54) is 6.92 Å². The molecule has 5 amide bonds. The molecule has 0 saturated heterocycles. The van der Waals surface area contributed by atoms with Crippen LogP contribution < -0.4 is 33.2 Å². The molecule has 0 aliphatic heterocycles. The summed E-state index contributed by atoms with van der Waals surface area (Å²) in [5.41, 5.74) is 15.7. The quantitative estimate of drug-likeness (QED) is 0.108. The molecule has 33 heavy (non-hydrogen) atoms. The minimum atomic E-state index is -1.44. The number of carbonyl (C=O) groups excluding carboxylic acids is 5. The van der Waals surface area contributed by atoms with Gasteiger partial charge in [0.15, 0.2) is 0 Å². The zero-order valence-corrected chi connectivity index (χ0v) is 18.0. The van der Waals surface area contributed by atoms with Crippen molar-refractivity contribution in [1.82, 2.24) is 16.0 Å². The second kappa shape index (κ2) is 14.3. The zero-order valence-electron chi connectivity index (χ0n) is 18.0. The SMILES string of the molecule is CC(NC(=O)C(CCC(N)=O)NC(=O)C(CCC(=O)O)NC(=O)C(N)CCC(N)=O)C(=O)O. The number of carboxylic acids is 2. The second-order valence-corrected chi connectivity index (χ2v) is 7.24. The molecule has 0 aliphatic carbocycles. The maximum atomic E-state index is 12.7. The third-order valence-electron chi connectivity index (χ3n) is 4.36. The Kier molecular flexibility index (Phi) is 12.7. The molecule has 0 aromatic heterocycles. The molecule has 4 unspecified atom stereocenters. The predicted octanol–water partition coefficient (Wildman–Crippen LogP) is -3.73. The van der Waals surface area contributed by atoms with E-state index in [4.69, 9.17) is 27.4 Å². The van der Waals surface area contributed by atoms with E-state index in [0.717, 1.165) is 0 Å². The van der Waals surface area contributed by atoms with Crippen molar-refractivity contribution in [2.45, 2.75) is 69.6 Å². The van der Waals surface area contributed by atoms with Gasteiger partial charge in [0, 0.05) is 19.3 Å². The molecular weight excluding hydrogens is 444 g/mol. The van der Waals surface area contributed by atoms with Crippen LogP contribution >= 0.6 is 0 Å². The van der Waals surface area contributed by atoms with Gasteiger partial charge in [-0.3, -0.25) is 33.6 Å². The van der Waals surface area contributed by atoms with Crippen LogP contribution in [-0.4, -0.2) is 75.9 Å². The Morgan fingerprint density at radius 3 is 1.58 bits per heavy atom. The van der Waals surface area contributed by atoms with Crippen LogP contribution in [0, 0.1) is 0 Å². The van der Waals surface area contributed by atoms with Crippen LogP contribution in [0.1, 0.15) is 45.4 Å². The van der Waals surface area contributed by atoms with E-state index in [-0.39, 0.29) is 32.1 Å². The molecule has 15 heteroatoms. The minimum Gasteiger partial charge on any atom is -0.481 e. The Morgan fingerprint density at radius 2 is 1.12 bits per heavy atom. The number of aliphatic carboxylic acids is 2. The summed E-state index contributed by atoms with van der Waals surface area (Å²) in [5, 5.41) is 24.5. The number of carboxylic acid groups (broad SMARTS) is 2. The van der Waals surface area contributed by atoms with Gasteiger partial charge in [-0.05, 0) is 26.2 Å². The lowest BCUT2D eigenvalue weighted by Gasteiger charge is -2.24. The Bertz CT molecular complexity index is 773. The molecule has 15 nitrogen and oxygen atoms in total. The lowest BCUT2D eigenvalue weighted by molar-refractivity contribution is -0.142. The number of hydrogen-bond acceptors (Lipinski definition) is 8. The summed E-state index contributed by atoms with van der Waals surface area (Å²) >= 11 is 0. The molecular formula is C18H30N6O9. The molecule has 0 fully saturated rings. The normalized spacial score (nSPS) is 14.1. The summed E-state index contributed by atoms with van der Waals surface area (Å²) in [5.74, 6) is -6.86. The van der Waals surface area contributed by atoms with Crippen molar-refractivity contribution in [3.05, 3.63) is 0 Å². The molecule has 4 atom stereocenters. The molecule has 0 heterocycles. The van der Waals surface area contributed by atoms with Gasteiger partial charge in [-0.25, -0.2) is 0 Å². The summed E-state index contributed by atoms with van der Waals surface area (Å²) in [7, 11) is 0. The van der Waals surface area contributed by atoms with Crippen molar-refractivity contribution < 1.29 is 43.8 Å². The van der Waals surface area contributed by atoms with Gasteiger partial charge in [-0.15, -0.1) is 0 Å². The summed E-state index contributed by atoms with van der Waals surface area (Å²) in [6.07, 6.45) is -1.82. The lowest BCUT2D eigenvalue weighted by Crippen LogP contribution is -2.57. The van der Waals surface area contributed by atoms with Crippen molar-refractivity contribution >= 4 is 41.5 Å². The van der Waals surface area contributed by atoms with Crippen LogP contribution in [0.25, 0.3) is 0 Å². The number of nitrogens with two attached hydrogens (primary N) is 3. The van der Waals surface area contributed by atoms with Crippen molar-refractivity contribution in [1.29, 1.82) is 0 Å². The van der Waals surface area contributed by atoms with Crippen LogP contribution in [0.15, 0.2) is 0 Å². The first-order valence-corrected chi connectivity index (χ1v) is 9.92. The largest absolute Gasteiger partial charge is 0.481 e. The van der Waals surface area contributed by atoms with E-state index in [1.807, 2.05) is 0 Å². The lowest BCUT2D eigenvalue weighted by atomic mass is 10.1. The molecule has 0 radical (unpaired) electrons. The highest BCUT2D eigenvalue weighted by Gasteiger charge is 2.30. The van der Waals surface area contributed by atoms with E-state index in [2.05, 4.69) is 16.0 Å². The fourth-order valence-electron chi connectivity index (χ4n) is 2.45. The molecule has 0 bridgehead atoms. The zero-order chi connectivity index (χ0) is 25.7. The smallest absolute Gasteiger partial charge is 0.325 e. The Labute approximate surface area is 188 Å². The molecule has 0 saturated carbocycles. The van der Waals surface area contributed by atoms with Gasteiger partial charge in [0.05, 0.1) is 6.04 Å². The van der Waals surface area contributed by atoms with Crippen molar-refractivity contribution in [2.75, 3.05) is 0 Å². The molecule has 0 rings (SSSR count). The number of nitrogens with one attached hydrogen (secondary N) is 3. The van der Waals surface area contributed by atoms with Gasteiger partial charge in [-0.1, -0.05) is 0 Å². The number of hydrogen-bond donors (Lipinski definition) is 8. The average molecular weight is 474 g/mol. The highest BCUT2D eigenvalue weighted by Crippen LogP contribution is 2.05. The Morgan fingerprint density at radius 1 is 0.697 bits per heavy atom. The molecule has 0 aromatic carbocycles. The van der Waals surface area contributed by atoms with Crippen LogP contribution in [0.3, 0.4) is 0 Å². The van der Waals surface area contributed by atoms with Gasteiger partial charge in [0.2, 0.25) is 29.5 Å². The monoisotopic (exact) mass is 474 g/mol. The third-order valence-corrected chi connectivity index (χ3v) is 4.36. The van der Waals surface area contributed by atoms with Crippen molar-refractivity contribution in [2.24, 2.45) is 17.2 Å². The number of amides is 5. The fourth-order valence-corrected chi connectivity index (χ4v) is 2.45. The number of primary amides is 2. The van der Waals surface area contributed by atoms with E-state index < -0.39 is 72.1 Å². The van der Waals surface area contributed by atoms with Crippen LogP contribution in [0.4, 0.5) is 0 Å². The van der Waals surface area contributed by atoms with E-state index in [9.17, 15) is 33.6 Å². The first-order valence-electron chi connectivity index (χ1n) is 9.92. The number of rotatable bonds is 16. The van der Waals surface area contributed by atoms with E-state index in [1.54, 1.807) is 0 Å². The predicted molar refractivity (Wildman–Crippen MR) is 111 cm³/mol. The summed E-state index contributed by atoms with van der Waals surface area (Å²) < 4.78 is 0. The van der Waals surface area contributed by atoms with Gasteiger partial charge >= 0.3 is 11.9 Å². The van der Waals surface area contributed by atoms with E-state index in [0.29, 0.717) is 0 Å².